The molecule has 0 aromatic heterocycles. The molecule has 0 bridgehead atoms. The maximum Gasteiger partial charge on any atom is 0.231 e. The molecule has 2 N–H and O–H groups in total. The zero-order chi connectivity index (χ0) is 11.7. The fraction of sp³-hybridized carbons (Fsp3) is 0.538. The Morgan fingerprint density at radius 3 is 2.71 bits per heavy atom. The summed E-state index contributed by atoms with van der Waals surface area (Å²) in [6.45, 7) is 2.62. The summed E-state index contributed by atoms with van der Waals surface area (Å²) in [5, 5.41) is 0. The Labute approximate surface area is 101 Å². The van der Waals surface area contributed by atoms with Crippen LogP contribution in [0.2, 0.25) is 0 Å². The molecule has 92 valence electrons. The van der Waals surface area contributed by atoms with Crippen molar-refractivity contribution >= 4 is 0 Å². The average molecular weight is 235 g/mol. The van der Waals surface area contributed by atoms with Crippen molar-refractivity contribution in [2.45, 2.75) is 18.3 Å². The molecule has 0 amide bonds. The van der Waals surface area contributed by atoms with Gasteiger partial charge in [-0.3, -0.25) is 0 Å². The Bertz CT molecular complexity index is 415. The zero-order valence-corrected chi connectivity index (χ0v) is 9.78. The third-order valence-corrected chi connectivity index (χ3v) is 3.60. The molecule has 0 aliphatic carbocycles. The van der Waals surface area contributed by atoms with Crippen LogP contribution in [0.3, 0.4) is 0 Å². The minimum atomic E-state index is 0.139. The molecule has 0 radical (unpaired) electrons. The summed E-state index contributed by atoms with van der Waals surface area (Å²) < 4.78 is 16.1. The second kappa shape index (κ2) is 4.20. The van der Waals surface area contributed by atoms with Crippen molar-refractivity contribution in [2.75, 3.05) is 26.6 Å². The van der Waals surface area contributed by atoms with Crippen molar-refractivity contribution in [1.82, 2.24) is 0 Å². The fourth-order valence-electron chi connectivity index (χ4n) is 2.47. The third-order valence-electron chi connectivity index (χ3n) is 3.60. The summed E-state index contributed by atoms with van der Waals surface area (Å²) in [6, 6.07) is 6.19. The lowest BCUT2D eigenvalue weighted by Gasteiger charge is -2.42. The van der Waals surface area contributed by atoms with E-state index in [1.807, 2.05) is 6.07 Å². The van der Waals surface area contributed by atoms with Crippen molar-refractivity contribution in [3.8, 4) is 11.5 Å². The first-order valence-corrected chi connectivity index (χ1v) is 6.02. The van der Waals surface area contributed by atoms with Crippen molar-refractivity contribution < 1.29 is 14.2 Å². The molecule has 17 heavy (non-hydrogen) atoms. The molecule has 1 aromatic rings. The van der Waals surface area contributed by atoms with E-state index < -0.39 is 0 Å². The molecule has 4 heteroatoms. The van der Waals surface area contributed by atoms with Crippen LogP contribution >= 0.6 is 0 Å². The van der Waals surface area contributed by atoms with Gasteiger partial charge in [0.2, 0.25) is 6.79 Å². The van der Waals surface area contributed by atoms with Crippen molar-refractivity contribution in [3.05, 3.63) is 23.8 Å². The smallest absolute Gasteiger partial charge is 0.231 e. The van der Waals surface area contributed by atoms with Gasteiger partial charge in [0.15, 0.2) is 11.5 Å². The number of hydrogen-bond acceptors (Lipinski definition) is 4. The second-order valence-corrected chi connectivity index (χ2v) is 4.73. The predicted molar refractivity (Wildman–Crippen MR) is 63.4 cm³/mol. The Morgan fingerprint density at radius 2 is 2.00 bits per heavy atom. The first-order chi connectivity index (χ1) is 8.34. The summed E-state index contributed by atoms with van der Waals surface area (Å²) in [6.07, 6.45) is 2.10. The number of rotatable bonds is 4. The SMILES string of the molecule is NCCCC1(c2ccc3c(c2)OCO3)COC1. The highest BCUT2D eigenvalue weighted by atomic mass is 16.7. The van der Waals surface area contributed by atoms with Crippen LogP contribution in [0.25, 0.3) is 0 Å². The van der Waals surface area contributed by atoms with Gasteiger partial charge < -0.3 is 19.9 Å². The minimum absolute atomic E-state index is 0.139. The molecule has 2 aliphatic rings. The van der Waals surface area contributed by atoms with E-state index in [1.54, 1.807) is 0 Å². The molecule has 2 heterocycles. The van der Waals surface area contributed by atoms with Crippen LogP contribution in [0.5, 0.6) is 11.5 Å². The van der Waals surface area contributed by atoms with Crippen LogP contribution in [0, 0.1) is 0 Å². The molecule has 0 atom stereocenters. The van der Waals surface area contributed by atoms with Crippen LogP contribution < -0.4 is 15.2 Å². The molecule has 1 saturated heterocycles. The summed E-state index contributed by atoms with van der Waals surface area (Å²) in [4.78, 5) is 0. The maximum atomic E-state index is 5.60. The summed E-state index contributed by atoms with van der Waals surface area (Å²) in [7, 11) is 0. The molecule has 1 fully saturated rings. The van der Waals surface area contributed by atoms with Crippen LogP contribution in [-0.2, 0) is 10.2 Å². The van der Waals surface area contributed by atoms with Gasteiger partial charge in [-0.05, 0) is 37.1 Å². The van der Waals surface area contributed by atoms with Gasteiger partial charge in [-0.15, -0.1) is 0 Å². The maximum absolute atomic E-state index is 5.60. The van der Waals surface area contributed by atoms with Gasteiger partial charge >= 0.3 is 0 Å². The van der Waals surface area contributed by atoms with E-state index in [0.29, 0.717) is 6.79 Å². The zero-order valence-electron chi connectivity index (χ0n) is 9.78. The van der Waals surface area contributed by atoms with E-state index in [-0.39, 0.29) is 5.41 Å². The predicted octanol–water partition coefficient (Wildman–Crippen LogP) is 1.42. The molecule has 2 aliphatic heterocycles. The molecule has 0 unspecified atom stereocenters. The van der Waals surface area contributed by atoms with Gasteiger partial charge in [-0.25, -0.2) is 0 Å². The number of hydrogen-bond donors (Lipinski definition) is 1. The first kappa shape index (κ1) is 10.9. The largest absolute Gasteiger partial charge is 0.454 e. The quantitative estimate of drug-likeness (QED) is 0.857. The highest BCUT2D eigenvalue weighted by molar-refractivity contribution is 5.47. The highest BCUT2D eigenvalue weighted by Gasteiger charge is 2.40. The Kier molecular flexibility index (Phi) is 2.68. The van der Waals surface area contributed by atoms with Crippen LogP contribution in [0.1, 0.15) is 18.4 Å². The Balaban J connectivity index is 1.86. The van der Waals surface area contributed by atoms with E-state index in [1.165, 1.54) is 5.56 Å². The molecular formula is C13H17NO3. The van der Waals surface area contributed by atoms with E-state index in [2.05, 4.69) is 12.1 Å². The first-order valence-electron chi connectivity index (χ1n) is 6.02. The number of fused-ring (bicyclic) bond motifs is 1. The molecular weight excluding hydrogens is 218 g/mol. The van der Waals surface area contributed by atoms with E-state index in [0.717, 1.165) is 44.1 Å². The molecule has 1 aromatic carbocycles. The van der Waals surface area contributed by atoms with Crippen LogP contribution in [0.15, 0.2) is 18.2 Å². The Hall–Kier alpha value is -1.26. The number of nitrogens with two attached hydrogens (primary N) is 1. The topological polar surface area (TPSA) is 53.7 Å². The van der Waals surface area contributed by atoms with Gasteiger partial charge in [-0.1, -0.05) is 6.07 Å². The second-order valence-electron chi connectivity index (χ2n) is 4.73. The van der Waals surface area contributed by atoms with Gasteiger partial charge in [0.05, 0.1) is 13.2 Å². The minimum Gasteiger partial charge on any atom is -0.454 e. The molecule has 3 rings (SSSR count). The van der Waals surface area contributed by atoms with Gasteiger partial charge in [0.25, 0.3) is 0 Å². The van der Waals surface area contributed by atoms with E-state index >= 15 is 0 Å². The lowest BCUT2D eigenvalue weighted by Crippen LogP contribution is -2.46. The molecule has 0 spiro atoms. The monoisotopic (exact) mass is 235 g/mol. The Morgan fingerprint density at radius 1 is 1.18 bits per heavy atom. The standard InChI is InChI=1S/C13H17NO3/c14-5-1-4-13(7-15-8-13)10-2-3-11-12(6-10)17-9-16-11/h2-3,6H,1,4-5,7-9,14H2. The van der Waals surface area contributed by atoms with Crippen LogP contribution in [-0.4, -0.2) is 26.6 Å². The normalized spacial score (nSPS) is 20.1. The van der Waals surface area contributed by atoms with Crippen molar-refractivity contribution in [3.63, 3.8) is 0 Å². The summed E-state index contributed by atoms with van der Waals surface area (Å²) in [5.74, 6) is 1.68. The van der Waals surface area contributed by atoms with E-state index in [9.17, 15) is 0 Å². The van der Waals surface area contributed by atoms with E-state index in [4.69, 9.17) is 19.9 Å². The number of ether oxygens (including phenoxy) is 3. The number of benzene rings is 1. The van der Waals surface area contributed by atoms with Gasteiger partial charge in [0.1, 0.15) is 0 Å². The van der Waals surface area contributed by atoms with Crippen LogP contribution in [0.4, 0.5) is 0 Å². The van der Waals surface area contributed by atoms with Crippen molar-refractivity contribution in [1.29, 1.82) is 0 Å². The van der Waals surface area contributed by atoms with Crippen molar-refractivity contribution in [2.24, 2.45) is 5.73 Å². The highest BCUT2D eigenvalue weighted by Crippen LogP contribution is 2.41. The third kappa shape index (κ3) is 1.77. The fourth-order valence-corrected chi connectivity index (χ4v) is 2.47. The summed E-state index contributed by atoms with van der Waals surface area (Å²) >= 11 is 0. The van der Waals surface area contributed by atoms with Gasteiger partial charge in [-0.2, -0.15) is 0 Å². The summed E-state index contributed by atoms with van der Waals surface area (Å²) in [5.41, 5.74) is 7.02. The lowest BCUT2D eigenvalue weighted by molar-refractivity contribution is -0.0649. The average Bonchev–Trinajstić information content (AvgIpc) is 2.75. The molecule has 4 nitrogen and oxygen atoms in total. The molecule has 0 saturated carbocycles. The van der Waals surface area contributed by atoms with Gasteiger partial charge in [0, 0.05) is 5.41 Å². The lowest BCUT2D eigenvalue weighted by atomic mass is 9.75.